The van der Waals surface area contributed by atoms with Crippen molar-refractivity contribution in [3.63, 3.8) is 0 Å². The van der Waals surface area contributed by atoms with Crippen LogP contribution < -0.4 is 4.90 Å². The molecule has 0 amide bonds. The summed E-state index contributed by atoms with van der Waals surface area (Å²) in [5.74, 6) is 0.681. The number of hydrogen-bond donors (Lipinski definition) is 1. The predicted octanol–water partition coefficient (Wildman–Crippen LogP) is 3.98. The number of halogens is 2. The Labute approximate surface area is 119 Å². The lowest BCUT2D eigenvalue weighted by molar-refractivity contribution is 0.263. The first kappa shape index (κ1) is 14.0. The van der Waals surface area contributed by atoms with Gasteiger partial charge < -0.3 is 10.0 Å². The normalized spacial score (nSPS) is 20.2. The number of anilines is 1. The van der Waals surface area contributed by atoms with E-state index in [2.05, 4.69) is 4.90 Å². The van der Waals surface area contributed by atoms with E-state index >= 15 is 0 Å². The van der Waals surface area contributed by atoms with Gasteiger partial charge in [0.2, 0.25) is 0 Å². The van der Waals surface area contributed by atoms with Gasteiger partial charge in [0, 0.05) is 25.4 Å². The summed E-state index contributed by atoms with van der Waals surface area (Å²) in [5, 5.41) is 10.1. The molecule has 1 N–H and O–H groups in total. The lowest BCUT2D eigenvalue weighted by Crippen LogP contribution is -2.35. The average Bonchev–Trinajstić information content (AvgIpc) is 2.40. The number of aliphatic hydroxyl groups excluding tert-OH is 1. The van der Waals surface area contributed by atoms with E-state index in [0.29, 0.717) is 22.6 Å². The Morgan fingerprint density at radius 1 is 1.28 bits per heavy atom. The third kappa shape index (κ3) is 3.53. The van der Waals surface area contributed by atoms with Crippen LogP contribution in [0.25, 0.3) is 0 Å². The summed E-state index contributed by atoms with van der Waals surface area (Å²) < 4.78 is 0. The molecule has 0 spiro atoms. The third-order valence-corrected chi connectivity index (χ3v) is 4.30. The molecule has 1 aliphatic rings. The van der Waals surface area contributed by atoms with E-state index in [0.717, 1.165) is 31.6 Å². The van der Waals surface area contributed by atoms with Crippen molar-refractivity contribution in [2.24, 2.45) is 5.92 Å². The number of benzene rings is 1. The lowest BCUT2D eigenvalue weighted by atomic mass is 9.93. The van der Waals surface area contributed by atoms with E-state index < -0.39 is 0 Å². The maximum absolute atomic E-state index is 8.90. The van der Waals surface area contributed by atoms with Gasteiger partial charge in [-0.15, -0.1) is 0 Å². The summed E-state index contributed by atoms with van der Waals surface area (Å²) in [6.45, 7) is 2.43. The third-order valence-electron chi connectivity index (χ3n) is 3.56. The smallest absolute Gasteiger partial charge is 0.0612 e. The molecule has 0 aromatic heterocycles. The second-order valence-electron chi connectivity index (χ2n) is 4.92. The SMILES string of the molecule is OCCCC1CCCN(c2ccc(Cl)c(Cl)c2)C1. The van der Waals surface area contributed by atoms with Gasteiger partial charge >= 0.3 is 0 Å². The Balaban J connectivity index is 2.01. The van der Waals surface area contributed by atoms with Gasteiger partial charge in [-0.2, -0.15) is 0 Å². The second-order valence-corrected chi connectivity index (χ2v) is 5.73. The van der Waals surface area contributed by atoms with E-state index in [9.17, 15) is 0 Å². The minimum absolute atomic E-state index is 0.295. The number of piperidine rings is 1. The Morgan fingerprint density at radius 2 is 2.11 bits per heavy atom. The summed E-state index contributed by atoms with van der Waals surface area (Å²) in [6.07, 6.45) is 4.47. The molecule has 0 radical (unpaired) electrons. The van der Waals surface area contributed by atoms with E-state index in [1.807, 2.05) is 18.2 Å². The number of aliphatic hydroxyl groups is 1. The largest absolute Gasteiger partial charge is 0.396 e. The summed E-state index contributed by atoms with van der Waals surface area (Å²) in [5.41, 5.74) is 1.15. The van der Waals surface area contributed by atoms with Crippen molar-refractivity contribution in [2.45, 2.75) is 25.7 Å². The Bertz CT molecular complexity index is 397. The zero-order valence-corrected chi connectivity index (χ0v) is 11.9. The van der Waals surface area contributed by atoms with Gasteiger partial charge in [-0.3, -0.25) is 0 Å². The van der Waals surface area contributed by atoms with Crippen LogP contribution in [0.3, 0.4) is 0 Å². The minimum Gasteiger partial charge on any atom is -0.396 e. The molecule has 1 fully saturated rings. The van der Waals surface area contributed by atoms with Crippen LogP contribution in [0.5, 0.6) is 0 Å². The molecule has 1 aliphatic heterocycles. The first-order valence-corrected chi connectivity index (χ1v) is 7.27. The van der Waals surface area contributed by atoms with Crippen molar-refractivity contribution >= 4 is 28.9 Å². The fraction of sp³-hybridized carbons (Fsp3) is 0.571. The molecule has 1 unspecified atom stereocenters. The zero-order valence-electron chi connectivity index (χ0n) is 10.4. The average molecular weight is 288 g/mol. The molecule has 4 heteroatoms. The van der Waals surface area contributed by atoms with Crippen molar-refractivity contribution in [1.82, 2.24) is 0 Å². The van der Waals surface area contributed by atoms with Gasteiger partial charge in [0.25, 0.3) is 0 Å². The molecule has 0 saturated carbocycles. The quantitative estimate of drug-likeness (QED) is 0.905. The number of nitrogens with zero attached hydrogens (tertiary/aromatic N) is 1. The molecular formula is C14H19Cl2NO. The van der Waals surface area contributed by atoms with E-state index in [-0.39, 0.29) is 0 Å². The Morgan fingerprint density at radius 3 is 2.83 bits per heavy atom. The van der Waals surface area contributed by atoms with Crippen molar-refractivity contribution in [2.75, 3.05) is 24.6 Å². The molecule has 2 rings (SSSR count). The lowest BCUT2D eigenvalue weighted by Gasteiger charge is -2.34. The molecule has 2 nitrogen and oxygen atoms in total. The molecular weight excluding hydrogens is 269 g/mol. The van der Waals surface area contributed by atoms with Crippen LogP contribution in [-0.4, -0.2) is 24.8 Å². The van der Waals surface area contributed by atoms with Crippen LogP contribution in [0, 0.1) is 5.92 Å². The molecule has 1 saturated heterocycles. The highest BCUT2D eigenvalue weighted by atomic mass is 35.5. The van der Waals surface area contributed by atoms with Gasteiger partial charge in [-0.05, 0) is 49.8 Å². The molecule has 0 bridgehead atoms. The summed E-state index contributed by atoms with van der Waals surface area (Å²) in [4.78, 5) is 2.37. The maximum atomic E-state index is 8.90. The van der Waals surface area contributed by atoms with E-state index in [4.69, 9.17) is 28.3 Å². The molecule has 100 valence electrons. The predicted molar refractivity (Wildman–Crippen MR) is 77.7 cm³/mol. The highest BCUT2D eigenvalue weighted by Crippen LogP contribution is 2.30. The molecule has 1 heterocycles. The second kappa shape index (κ2) is 6.65. The summed E-state index contributed by atoms with van der Waals surface area (Å²) in [6, 6.07) is 5.83. The zero-order chi connectivity index (χ0) is 13.0. The van der Waals surface area contributed by atoms with Gasteiger partial charge in [0.15, 0.2) is 0 Å². The van der Waals surface area contributed by atoms with Crippen LogP contribution in [-0.2, 0) is 0 Å². The minimum atomic E-state index is 0.295. The monoisotopic (exact) mass is 287 g/mol. The molecule has 1 atom stereocenters. The van der Waals surface area contributed by atoms with Crippen LogP contribution in [0.4, 0.5) is 5.69 Å². The van der Waals surface area contributed by atoms with Crippen molar-refractivity contribution < 1.29 is 5.11 Å². The van der Waals surface area contributed by atoms with Crippen LogP contribution >= 0.6 is 23.2 Å². The van der Waals surface area contributed by atoms with E-state index in [1.165, 1.54) is 12.8 Å². The van der Waals surface area contributed by atoms with Crippen molar-refractivity contribution in [3.8, 4) is 0 Å². The summed E-state index contributed by atoms with van der Waals surface area (Å²) >= 11 is 12.0. The maximum Gasteiger partial charge on any atom is 0.0612 e. The van der Waals surface area contributed by atoms with Gasteiger partial charge in [0.1, 0.15) is 0 Å². The molecule has 1 aromatic carbocycles. The highest BCUT2D eigenvalue weighted by Gasteiger charge is 2.20. The number of hydrogen-bond acceptors (Lipinski definition) is 2. The van der Waals surface area contributed by atoms with Gasteiger partial charge in [0.05, 0.1) is 10.0 Å². The fourth-order valence-electron chi connectivity index (χ4n) is 2.60. The van der Waals surface area contributed by atoms with Gasteiger partial charge in [-0.1, -0.05) is 23.2 Å². The van der Waals surface area contributed by atoms with Crippen molar-refractivity contribution in [3.05, 3.63) is 28.2 Å². The molecule has 0 aliphatic carbocycles. The topological polar surface area (TPSA) is 23.5 Å². The van der Waals surface area contributed by atoms with E-state index in [1.54, 1.807) is 0 Å². The van der Waals surface area contributed by atoms with Crippen molar-refractivity contribution in [1.29, 1.82) is 0 Å². The first-order chi connectivity index (χ1) is 8.70. The van der Waals surface area contributed by atoms with Crippen LogP contribution in [0.15, 0.2) is 18.2 Å². The standard InChI is InChI=1S/C14H19Cl2NO/c15-13-6-5-12(9-14(13)16)17-7-1-3-11(10-17)4-2-8-18/h5-6,9,11,18H,1-4,7-8,10H2. The Hall–Kier alpha value is -0.440. The summed E-state index contributed by atoms with van der Waals surface area (Å²) in [7, 11) is 0. The van der Waals surface area contributed by atoms with Gasteiger partial charge in [-0.25, -0.2) is 0 Å². The molecule has 1 aromatic rings. The molecule has 18 heavy (non-hydrogen) atoms. The number of rotatable bonds is 4. The van der Waals surface area contributed by atoms with Crippen LogP contribution in [0.2, 0.25) is 10.0 Å². The fourth-order valence-corrected chi connectivity index (χ4v) is 2.89. The highest BCUT2D eigenvalue weighted by molar-refractivity contribution is 6.42. The Kier molecular flexibility index (Phi) is 5.16. The van der Waals surface area contributed by atoms with Crippen LogP contribution in [0.1, 0.15) is 25.7 Å². The first-order valence-electron chi connectivity index (χ1n) is 6.51.